The molecule has 0 aromatic carbocycles. The van der Waals surface area contributed by atoms with Crippen LogP contribution in [0.3, 0.4) is 0 Å². The Morgan fingerprint density at radius 2 is 0.474 bits per heavy atom. The van der Waals surface area contributed by atoms with Crippen LogP contribution in [-0.4, -0.2) is 37.2 Å². The molecule has 1 atom stereocenters. The third kappa shape index (κ3) is 62.5. The predicted molar refractivity (Wildman–Crippen MR) is 330 cm³/mol. The lowest BCUT2D eigenvalue weighted by Gasteiger charge is -2.18. The fraction of sp³-hybridized carbons (Fsp3) is 0.871. The maximum Gasteiger partial charge on any atom is 0.306 e. The molecule has 0 spiro atoms. The molecule has 1 unspecified atom stereocenters. The van der Waals surface area contributed by atoms with Gasteiger partial charge < -0.3 is 14.2 Å². The number of allylic oxidation sites excluding steroid dienone is 6. The minimum absolute atomic E-state index is 0.0723. The van der Waals surface area contributed by atoms with Crippen LogP contribution in [0.4, 0.5) is 0 Å². The van der Waals surface area contributed by atoms with E-state index in [-0.39, 0.29) is 31.1 Å². The molecule has 6 heteroatoms. The van der Waals surface area contributed by atoms with Crippen molar-refractivity contribution < 1.29 is 28.6 Å². The van der Waals surface area contributed by atoms with Crippen molar-refractivity contribution in [2.75, 3.05) is 13.2 Å². The molecule has 0 saturated heterocycles. The van der Waals surface area contributed by atoms with E-state index in [0.29, 0.717) is 19.3 Å². The number of carbonyl (C=O) groups excluding carboxylic acids is 3. The van der Waals surface area contributed by atoms with E-state index in [1.165, 1.54) is 263 Å². The standard InChI is InChI=1S/C70H130O6/c1-4-7-10-13-16-19-22-25-28-31-33-34-35-36-37-40-42-45-48-51-54-57-60-63-69(72)75-66-67(65-74-68(71)62-59-56-53-50-47-44-41-38-30-27-24-21-18-15-12-9-6-3)76-70(73)64-61-58-55-52-49-46-43-39-32-29-26-23-20-17-14-11-8-5-2/h20,23,27,29-30,32,67H,4-19,21-22,24-26,28,31,33-66H2,1-3H3/b23-20-,30-27-,32-29-. The van der Waals surface area contributed by atoms with Gasteiger partial charge in [-0.25, -0.2) is 0 Å². The Labute approximate surface area is 474 Å². The van der Waals surface area contributed by atoms with Crippen LogP contribution < -0.4 is 0 Å². The van der Waals surface area contributed by atoms with Crippen molar-refractivity contribution in [3.05, 3.63) is 36.5 Å². The van der Waals surface area contributed by atoms with E-state index in [4.69, 9.17) is 14.2 Å². The Morgan fingerprint density at radius 3 is 0.750 bits per heavy atom. The largest absolute Gasteiger partial charge is 0.462 e. The average Bonchev–Trinajstić information content (AvgIpc) is 3.42. The lowest BCUT2D eigenvalue weighted by molar-refractivity contribution is -0.167. The normalized spacial score (nSPS) is 12.2. The molecule has 0 saturated carbocycles. The number of hydrogen-bond acceptors (Lipinski definition) is 6. The molecular formula is C70H130O6. The molecule has 6 nitrogen and oxygen atoms in total. The van der Waals surface area contributed by atoms with Crippen molar-refractivity contribution in [3.8, 4) is 0 Å². The Bertz CT molecular complexity index is 1270. The van der Waals surface area contributed by atoms with Gasteiger partial charge in [-0.2, -0.15) is 0 Å². The zero-order valence-electron chi connectivity index (χ0n) is 51.3. The summed E-state index contributed by atoms with van der Waals surface area (Å²) in [7, 11) is 0. The maximum atomic E-state index is 12.9. The minimum Gasteiger partial charge on any atom is -0.462 e. The quantitative estimate of drug-likeness (QED) is 0.0261. The van der Waals surface area contributed by atoms with Gasteiger partial charge in [0.1, 0.15) is 13.2 Å². The highest BCUT2D eigenvalue weighted by Gasteiger charge is 2.19. The first-order valence-corrected chi connectivity index (χ1v) is 34.0. The molecule has 0 aliphatic heterocycles. The van der Waals surface area contributed by atoms with E-state index >= 15 is 0 Å². The van der Waals surface area contributed by atoms with Gasteiger partial charge >= 0.3 is 17.9 Å². The number of unbranched alkanes of at least 4 members (excludes halogenated alkanes) is 46. The highest BCUT2D eigenvalue weighted by molar-refractivity contribution is 5.71. The fourth-order valence-corrected chi connectivity index (χ4v) is 10.2. The van der Waals surface area contributed by atoms with Crippen molar-refractivity contribution in [1.29, 1.82) is 0 Å². The highest BCUT2D eigenvalue weighted by atomic mass is 16.6. The average molecular weight is 1070 g/mol. The van der Waals surface area contributed by atoms with Gasteiger partial charge in [-0.3, -0.25) is 14.4 Å². The predicted octanol–water partition coefficient (Wildman–Crippen LogP) is 23.2. The van der Waals surface area contributed by atoms with Crippen LogP contribution in [0.2, 0.25) is 0 Å². The van der Waals surface area contributed by atoms with Crippen LogP contribution in [0.15, 0.2) is 36.5 Å². The molecule has 0 aliphatic carbocycles. The molecule has 0 heterocycles. The Morgan fingerprint density at radius 1 is 0.263 bits per heavy atom. The molecule has 0 aliphatic rings. The smallest absolute Gasteiger partial charge is 0.306 e. The third-order valence-electron chi connectivity index (χ3n) is 15.4. The molecule has 0 amide bonds. The van der Waals surface area contributed by atoms with Crippen molar-refractivity contribution >= 4 is 17.9 Å². The van der Waals surface area contributed by atoms with Gasteiger partial charge in [-0.1, -0.05) is 314 Å². The third-order valence-corrected chi connectivity index (χ3v) is 15.4. The van der Waals surface area contributed by atoms with Gasteiger partial charge in [0.2, 0.25) is 0 Å². The summed E-state index contributed by atoms with van der Waals surface area (Å²) in [6.07, 6.45) is 80.1. The second-order valence-corrected chi connectivity index (χ2v) is 23.1. The fourth-order valence-electron chi connectivity index (χ4n) is 10.2. The molecule has 0 bridgehead atoms. The van der Waals surface area contributed by atoms with Crippen molar-refractivity contribution in [3.63, 3.8) is 0 Å². The maximum absolute atomic E-state index is 12.9. The van der Waals surface area contributed by atoms with Gasteiger partial charge in [0.05, 0.1) is 0 Å². The van der Waals surface area contributed by atoms with Crippen LogP contribution in [0, 0.1) is 0 Å². The summed E-state index contributed by atoms with van der Waals surface area (Å²) < 4.78 is 17.0. The molecular weight excluding hydrogens is 937 g/mol. The van der Waals surface area contributed by atoms with Crippen LogP contribution >= 0.6 is 0 Å². The topological polar surface area (TPSA) is 78.9 Å². The Hall–Kier alpha value is -2.37. The van der Waals surface area contributed by atoms with E-state index in [0.717, 1.165) is 70.6 Å². The lowest BCUT2D eigenvalue weighted by Crippen LogP contribution is -2.30. The lowest BCUT2D eigenvalue weighted by atomic mass is 10.0. The second-order valence-electron chi connectivity index (χ2n) is 23.1. The molecule has 0 N–H and O–H groups in total. The van der Waals surface area contributed by atoms with Crippen LogP contribution in [0.1, 0.15) is 374 Å². The second kappa shape index (κ2) is 65.2. The first kappa shape index (κ1) is 73.6. The van der Waals surface area contributed by atoms with Gasteiger partial charge in [0.15, 0.2) is 6.10 Å². The summed E-state index contributed by atoms with van der Waals surface area (Å²) in [5.74, 6) is -0.858. The first-order chi connectivity index (χ1) is 37.5. The van der Waals surface area contributed by atoms with Gasteiger partial charge in [0.25, 0.3) is 0 Å². The molecule has 0 aromatic rings. The zero-order chi connectivity index (χ0) is 55.0. The van der Waals surface area contributed by atoms with Gasteiger partial charge in [-0.15, -0.1) is 0 Å². The summed E-state index contributed by atoms with van der Waals surface area (Å²) in [6.45, 7) is 6.68. The zero-order valence-corrected chi connectivity index (χ0v) is 51.3. The van der Waals surface area contributed by atoms with Crippen LogP contribution in [-0.2, 0) is 28.6 Å². The Kier molecular flexibility index (Phi) is 63.1. The van der Waals surface area contributed by atoms with Crippen molar-refractivity contribution in [2.24, 2.45) is 0 Å². The highest BCUT2D eigenvalue weighted by Crippen LogP contribution is 2.18. The number of carbonyl (C=O) groups is 3. The summed E-state index contributed by atoms with van der Waals surface area (Å²) >= 11 is 0. The van der Waals surface area contributed by atoms with Crippen LogP contribution in [0.25, 0.3) is 0 Å². The number of esters is 3. The molecule has 446 valence electrons. The summed E-state index contributed by atoms with van der Waals surface area (Å²) in [4.78, 5) is 38.4. The molecule has 76 heavy (non-hydrogen) atoms. The molecule has 0 fully saturated rings. The molecule has 0 aromatic heterocycles. The van der Waals surface area contributed by atoms with E-state index in [1.807, 2.05) is 0 Å². The van der Waals surface area contributed by atoms with Crippen molar-refractivity contribution in [1.82, 2.24) is 0 Å². The van der Waals surface area contributed by atoms with Crippen molar-refractivity contribution in [2.45, 2.75) is 380 Å². The summed E-state index contributed by atoms with van der Waals surface area (Å²) in [6, 6.07) is 0. The van der Waals surface area contributed by atoms with E-state index in [9.17, 15) is 14.4 Å². The van der Waals surface area contributed by atoms with Gasteiger partial charge in [-0.05, 0) is 77.0 Å². The summed E-state index contributed by atoms with van der Waals surface area (Å²) in [5.41, 5.74) is 0. The number of hydrogen-bond donors (Lipinski definition) is 0. The molecule has 0 radical (unpaired) electrons. The van der Waals surface area contributed by atoms with Gasteiger partial charge in [0, 0.05) is 19.3 Å². The number of ether oxygens (including phenoxy) is 3. The Balaban J connectivity index is 4.31. The first-order valence-electron chi connectivity index (χ1n) is 34.0. The number of rotatable bonds is 63. The van der Waals surface area contributed by atoms with E-state index < -0.39 is 6.10 Å². The van der Waals surface area contributed by atoms with E-state index in [1.54, 1.807) is 0 Å². The van der Waals surface area contributed by atoms with Crippen LogP contribution in [0.5, 0.6) is 0 Å². The molecule has 0 rings (SSSR count). The SMILES string of the molecule is CCCCCC/C=C\C/C=C\CCCCCCCCCC(=O)OC(COC(=O)CCCCCCCCC/C=C\CCCCCCCC)COC(=O)CCCCCCCCCCCCCCCCCCCCCCCCC. The van der Waals surface area contributed by atoms with E-state index in [2.05, 4.69) is 57.2 Å². The monoisotopic (exact) mass is 1070 g/mol. The minimum atomic E-state index is -0.777. The summed E-state index contributed by atoms with van der Waals surface area (Å²) in [5, 5.41) is 0.